The van der Waals surface area contributed by atoms with Crippen molar-refractivity contribution in [2.45, 2.75) is 26.3 Å². The zero-order valence-electron chi connectivity index (χ0n) is 11.2. The summed E-state index contributed by atoms with van der Waals surface area (Å²) in [6.45, 7) is 3.93. The van der Waals surface area contributed by atoms with Crippen LogP contribution < -0.4 is 27.4 Å². The molecule has 7 N–H and O–H groups in total. The maximum absolute atomic E-state index is 11.5. The first-order chi connectivity index (χ1) is 8.86. The highest BCUT2D eigenvalue weighted by molar-refractivity contribution is 5.92. The Kier molecular flexibility index (Phi) is 7.74. The summed E-state index contributed by atoms with van der Waals surface area (Å²) in [5.41, 5.74) is 10.5. The molecule has 8 nitrogen and oxygen atoms in total. The fourth-order valence-corrected chi connectivity index (χ4v) is 1.28. The van der Waals surface area contributed by atoms with E-state index < -0.39 is 12.1 Å². The lowest BCUT2D eigenvalue weighted by Crippen LogP contribution is -2.47. The van der Waals surface area contributed by atoms with Crippen molar-refractivity contribution in [3.8, 4) is 0 Å². The number of nitrogens with one attached hydrogen (secondary N) is 3. The molecule has 0 bridgehead atoms. The summed E-state index contributed by atoms with van der Waals surface area (Å²) in [5.74, 6) is -0.221. The second kappa shape index (κ2) is 8.78. The van der Waals surface area contributed by atoms with Crippen LogP contribution in [-0.4, -0.2) is 37.1 Å². The van der Waals surface area contributed by atoms with Crippen LogP contribution >= 0.6 is 0 Å². The van der Waals surface area contributed by atoms with E-state index in [4.69, 9.17) is 11.5 Å². The molecule has 0 rings (SSSR count). The van der Waals surface area contributed by atoms with E-state index in [1.807, 2.05) is 0 Å². The summed E-state index contributed by atoms with van der Waals surface area (Å²) in [6, 6.07) is -1.72. The van der Waals surface area contributed by atoms with Crippen molar-refractivity contribution in [2.24, 2.45) is 11.5 Å². The number of allylic oxidation sites excluding steroid dienone is 1. The first-order valence-corrected chi connectivity index (χ1v) is 5.87. The van der Waals surface area contributed by atoms with Gasteiger partial charge in [-0.05, 0) is 20.3 Å². The third-order valence-corrected chi connectivity index (χ3v) is 2.44. The van der Waals surface area contributed by atoms with Gasteiger partial charge < -0.3 is 27.4 Å². The first-order valence-electron chi connectivity index (χ1n) is 5.87. The lowest BCUT2D eigenvalue weighted by atomic mass is 10.2. The van der Waals surface area contributed by atoms with Gasteiger partial charge in [0.05, 0.1) is 0 Å². The quantitative estimate of drug-likeness (QED) is 0.386. The number of rotatable bonds is 7. The Labute approximate surface area is 112 Å². The molecule has 0 aliphatic rings. The second-order valence-corrected chi connectivity index (χ2v) is 3.97. The molecule has 0 radical (unpaired) electrons. The lowest BCUT2D eigenvalue weighted by molar-refractivity contribution is -0.117. The van der Waals surface area contributed by atoms with Crippen LogP contribution in [0, 0.1) is 0 Å². The van der Waals surface area contributed by atoms with E-state index in [1.54, 1.807) is 19.9 Å². The number of carbonyl (C=O) groups is 3. The highest BCUT2D eigenvalue weighted by atomic mass is 16.2. The topological polar surface area (TPSA) is 139 Å². The van der Waals surface area contributed by atoms with Gasteiger partial charge in [0.1, 0.15) is 0 Å². The number of hydrogen-bond acceptors (Lipinski definition) is 3. The number of nitrogens with two attached hydrogens (primary N) is 2. The monoisotopic (exact) mass is 271 g/mol. The third-order valence-electron chi connectivity index (χ3n) is 2.44. The molecule has 0 aliphatic carbocycles. The van der Waals surface area contributed by atoms with Crippen molar-refractivity contribution in [3.05, 3.63) is 11.6 Å². The van der Waals surface area contributed by atoms with Gasteiger partial charge >= 0.3 is 12.1 Å². The largest absolute Gasteiger partial charge is 0.352 e. The van der Waals surface area contributed by atoms with Gasteiger partial charge in [0.25, 0.3) is 0 Å². The molecule has 1 atom stereocenters. The molecule has 0 fully saturated rings. The Morgan fingerprint density at radius 3 is 2.26 bits per heavy atom. The van der Waals surface area contributed by atoms with Gasteiger partial charge in [0.2, 0.25) is 5.91 Å². The SMILES string of the molecule is C/C=C(\C)C(=O)NCC(CCNC(N)=O)NC(N)=O. The van der Waals surface area contributed by atoms with Gasteiger partial charge in [0.15, 0.2) is 0 Å². The second-order valence-electron chi connectivity index (χ2n) is 3.97. The average Bonchev–Trinajstić information content (AvgIpc) is 2.33. The van der Waals surface area contributed by atoms with Crippen LogP contribution in [0.2, 0.25) is 0 Å². The van der Waals surface area contributed by atoms with Gasteiger partial charge in [-0.3, -0.25) is 4.79 Å². The summed E-state index contributed by atoms with van der Waals surface area (Å²) in [7, 11) is 0. The van der Waals surface area contributed by atoms with Crippen LogP contribution in [0.5, 0.6) is 0 Å². The molecule has 0 saturated heterocycles. The van der Waals surface area contributed by atoms with Gasteiger partial charge in [-0.25, -0.2) is 9.59 Å². The van der Waals surface area contributed by atoms with Crippen molar-refractivity contribution in [1.82, 2.24) is 16.0 Å². The van der Waals surface area contributed by atoms with Crippen LogP contribution in [0.25, 0.3) is 0 Å². The van der Waals surface area contributed by atoms with Crippen LogP contribution in [0.3, 0.4) is 0 Å². The summed E-state index contributed by atoms with van der Waals surface area (Å²) in [5, 5.41) is 7.53. The van der Waals surface area contributed by atoms with Crippen LogP contribution in [0.1, 0.15) is 20.3 Å². The molecule has 0 aromatic rings. The standard InChI is InChI=1S/C11H21N5O3/c1-3-7(2)9(17)15-6-8(16-11(13)19)4-5-14-10(12)18/h3,8H,4-6H2,1-2H3,(H,15,17)(H3,12,14,18)(H3,13,16,19)/b7-3+. The molecular formula is C11H21N5O3. The zero-order chi connectivity index (χ0) is 14.8. The highest BCUT2D eigenvalue weighted by Gasteiger charge is 2.12. The Bertz CT molecular complexity index is 367. The molecular weight excluding hydrogens is 250 g/mol. The van der Waals surface area contributed by atoms with Crippen LogP contribution in [0.4, 0.5) is 9.59 Å². The van der Waals surface area contributed by atoms with E-state index in [-0.39, 0.29) is 25.0 Å². The van der Waals surface area contributed by atoms with Crippen LogP contribution in [-0.2, 0) is 4.79 Å². The molecule has 0 heterocycles. The molecule has 0 aromatic carbocycles. The van der Waals surface area contributed by atoms with E-state index in [9.17, 15) is 14.4 Å². The van der Waals surface area contributed by atoms with Crippen molar-refractivity contribution < 1.29 is 14.4 Å². The zero-order valence-corrected chi connectivity index (χ0v) is 11.2. The molecule has 1 unspecified atom stereocenters. The normalized spacial score (nSPS) is 12.4. The number of urea groups is 2. The molecule has 19 heavy (non-hydrogen) atoms. The molecule has 108 valence electrons. The Morgan fingerprint density at radius 1 is 1.16 bits per heavy atom. The highest BCUT2D eigenvalue weighted by Crippen LogP contribution is 1.94. The molecule has 0 aliphatic heterocycles. The Hall–Kier alpha value is -2.25. The summed E-state index contributed by atoms with van der Waals surface area (Å²) < 4.78 is 0. The van der Waals surface area contributed by atoms with E-state index in [2.05, 4.69) is 16.0 Å². The van der Waals surface area contributed by atoms with Crippen molar-refractivity contribution >= 4 is 18.0 Å². The Morgan fingerprint density at radius 2 is 1.79 bits per heavy atom. The minimum absolute atomic E-state index is 0.216. The van der Waals surface area contributed by atoms with E-state index in [1.165, 1.54) is 0 Å². The summed E-state index contributed by atoms with van der Waals surface area (Å²) in [4.78, 5) is 32.9. The minimum Gasteiger partial charge on any atom is -0.352 e. The Balaban J connectivity index is 4.23. The predicted octanol–water partition coefficient (Wildman–Crippen LogP) is -0.836. The number of primary amides is 2. The maximum Gasteiger partial charge on any atom is 0.312 e. The molecule has 8 heteroatoms. The smallest absolute Gasteiger partial charge is 0.312 e. The van der Waals surface area contributed by atoms with Gasteiger partial charge in [-0.15, -0.1) is 0 Å². The van der Waals surface area contributed by atoms with Gasteiger partial charge in [-0.1, -0.05) is 6.08 Å². The number of amides is 5. The fraction of sp³-hybridized carbons (Fsp3) is 0.545. The van der Waals surface area contributed by atoms with Crippen molar-refractivity contribution in [2.75, 3.05) is 13.1 Å². The van der Waals surface area contributed by atoms with E-state index >= 15 is 0 Å². The van der Waals surface area contributed by atoms with Crippen molar-refractivity contribution in [1.29, 1.82) is 0 Å². The predicted molar refractivity (Wildman–Crippen MR) is 71.2 cm³/mol. The van der Waals surface area contributed by atoms with E-state index in [0.29, 0.717) is 12.0 Å². The van der Waals surface area contributed by atoms with E-state index in [0.717, 1.165) is 0 Å². The fourth-order valence-electron chi connectivity index (χ4n) is 1.28. The lowest BCUT2D eigenvalue weighted by Gasteiger charge is -2.18. The maximum atomic E-state index is 11.5. The number of carbonyl (C=O) groups excluding carboxylic acids is 3. The minimum atomic E-state index is -0.693. The molecule has 5 amide bonds. The van der Waals surface area contributed by atoms with Crippen molar-refractivity contribution in [3.63, 3.8) is 0 Å². The number of hydrogen-bond donors (Lipinski definition) is 5. The molecule has 0 saturated carbocycles. The van der Waals surface area contributed by atoms with Gasteiger partial charge in [-0.2, -0.15) is 0 Å². The average molecular weight is 271 g/mol. The summed E-state index contributed by atoms with van der Waals surface area (Å²) in [6.07, 6.45) is 2.08. The summed E-state index contributed by atoms with van der Waals surface area (Å²) >= 11 is 0. The third kappa shape index (κ3) is 8.47. The first kappa shape index (κ1) is 16.8. The van der Waals surface area contributed by atoms with Crippen LogP contribution in [0.15, 0.2) is 11.6 Å². The molecule has 0 spiro atoms. The van der Waals surface area contributed by atoms with Gasteiger partial charge in [0, 0.05) is 24.7 Å². The molecule has 0 aromatic heterocycles.